The second-order valence-corrected chi connectivity index (χ2v) is 13.3. The van der Waals surface area contributed by atoms with Crippen LogP contribution in [0.2, 0.25) is 0 Å². The van der Waals surface area contributed by atoms with Gasteiger partial charge in [0.15, 0.2) is 0 Å². The van der Waals surface area contributed by atoms with Gasteiger partial charge < -0.3 is 15.7 Å². The van der Waals surface area contributed by atoms with Crippen LogP contribution in [0.5, 0.6) is 0 Å². The summed E-state index contributed by atoms with van der Waals surface area (Å²) < 4.78 is 1.56. The molecule has 1 aliphatic heterocycles. The van der Waals surface area contributed by atoms with Crippen LogP contribution in [0.25, 0.3) is 16.9 Å². The Hall–Kier alpha value is -2.51. The number of nitrogens with zero attached hydrogens (tertiary/aromatic N) is 2. The van der Waals surface area contributed by atoms with Gasteiger partial charge in [-0.05, 0) is 94.5 Å². The smallest absolute Gasteiger partial charge is 0.211 e. The van der Waals surface area contributed by atoms with Crippen molar-refractivity contribution in [3.63, 3.8) is 0 Å². The molecule has 51 heavy (non-hydrogen) atoms. The predicted molar refractivity (Wildman–Crippen MR) is 217 cm³/mol. The number of aryl methyl sites for hydroxylation is 2. The van der Waals surface area contributed by atoms with Crippen LogP contribution in [0, 0.1) is 11.8 Å². The zero-order chi connectivity index (χ0) is 36.8. The molecule has 1 heterocycles. The van der Waals surface area contributed by atoms with Crippen molar-refractivity contribution in [3.05, 3.63) is 87.5 Å². The van der Waals surface area contributed by atoms with Gasteiger partial charge >= 0.3 is 0 Å². The standard InChI is InChI=1S/C42H60N2.2C2H6O.Ni/c1-5-9-13-15-16-17-18-19-20-22-28-36-29-23-24-33-38(36)42-40(32-12-8-4)39(31-11-7-3)41(44(42)43)37-30-25-27-35(34-37)26-21-14-10-6-2;2*1-2-3;/h23-25,27,29-30,33-34H,5-18,21-22,26,28,31-32H2,1-4H3;2*3H,2H2,1H3;. The minimum Gasteiger partial charge on any atom is -0.493 e. The summed E-state index contributed by atoms with van der Waals surface area (Å²) in [6, 6.07) is 17.7. The molecule has 288 valence electrons. The average molecular weight is 744 g/mol. The van der Waals surface area contributed by atoms with E-state index >= 15 is 0 Å². The summed E-state index contributed by atoms with van der Waals surface area (Å²) in [6.07, 6.45) is 23.4. The Bertz CT molecular complexity index is 1330. The molecule has 0 aromatic heterocycles. The second kappa shape index (κ2) is 32.2. The summed E-state index contributed by atoms with van der Waals surface area (Å²) in [6.45, 7) is 12.9. The molecule has 0 amide bonds. The van der Waals surface area contributed by atoms with E-state index in [1.54, 1.807) is 18.5 Å². The van der Waals surface area contributed by atoms with Crippen molar-refractivity contribution < 1.29 is 31.4 Å². The van der Waals surface area contributed by atoms with Gasteiger partial charge in [-0.15, -0.1) is 11.8 Å². The van der Waals surface area contributed by atoms with Gasteiger partial charge in [0.25, 0.3) is 0 Å². The van der Waals surface area contributed by atoms with E-state index in [1.165, 1.54) is 92.0 Å². The Morgan fingerprint density at radius 2 is 1.08 bits per heavy atom. The molecule has 0 saturated carbocycles. The number of unbranched alkanes of at least 4 members (excludes halogenated alkanes) is 11. The molecule has 3 rings (SSSR count). The zero-order valence-corrected chi connectivity index (χ0v) is 34.3. The van der Waals surface area contributed by atoms with Crippen LogP contribution in [-0.2, 0) is 29.3 Å². The maximum atomic E-state index is 12.1. The summed E-state index contributed by atoms with van der Waals surface area (Å²) >= 11 is 0. The topological polar surface area (TPSA) is 65.8 Å². The van der Waals surface area contributed by atoms with Gasteiger partial charge in [0.1, 0.15) is 0 Å². The van der Waals surface area contributed by atoms with E-state index in [0.29, 0.717) is 0 Å². The molecule has 4 nitrogen and oxygen atoms in total. The number of aliphatic hydroxyl groups is 2. The first kappa shape index (κ1) is 48.5. The Balaban J connectivity index is 0.00000333. The van der Waals surface area contributed by atoms with Gasteiger partial charge in [0.05, 0.1) is 0 Å². The van der Waals surface area contributed by atoms with E-state index in [1.807, 2.05) is 0 Å². The van der Waals surface area contributed by atoms with Crippen molar-refractivity contribution in [2.45, 2.75) is 170 Å². The third-order valence-electron chi connectivity index (χ3n) is 9.01. The third-order valence-corrected chi connectivity index (χ3v) is 9.01. The SMILES string of the molecule is CCCCCCCCC#CCCc1ccccc1C1=C(CCCC)C(CCCC)=C(c2cccc(CCCCCC)c2)[N+]1=[N-].CCO.CCO.[Ni]. The van der Waals surface area contributed by atoms with Gasteiger partial charge in [-0.25, -0.2) is 4.70 Å². The van der Waals surface area contributed by atoms with Crippen molar-refractivity contribution in [1.82, 2.24) is 0 Å². The summed E-state index contributed by atoms with van der Waals surface area (Å²) in [5.41, 5.74) is 21.7. The molecule has 1 aliphatic rings. The van der Waals surface area contributed by atoms with E-state index in [0.717, 1.165) is 81.2 Å². The summed E-state index contributed by atoms with van der Waals surface area (Å²) in [4.78, 5) is 0. The van der Waals surface area contributed by atoms with Crippen LogP contribution in [0.15, 0.2) is 59.7 Å². The average Bonchev–Trinajstić information content (AvgIpc) is 3.40. The van der Waals surface area contributed by atoms with E-state index in [2.05, 4.69) is 88.1 Å². The zero-order valence-electron chi connectivity index (χ0n) is 33.3. The normalized spacial score (nSPS) is 12.0. The molecular weight excluding hydrogens is 671 g/mol. The largest absolute Gasteiger partial charge is 0.493 e. The molecule has 0 bridgehead atoms. The molecule has 5 heteroatoms. The number of rotatable bonds is 21. The maximum absolute atomic E-state index is 12.1. The van der Waals surface area contributed by atoms with E-state index in [-0.39, 0.29) is 29.7 Å². The van der Waals surface area contributed by atoms with Crippen molar-refractivity contribution in [2.75, 3.05) is 13.2 Å². The summed E-state index contributed by atoms with van der Waals surface area (Å²) in [7, 11) is 0. The fourth-order valence-corrected chi connectivity index (χ4v) is 6.44. The first-order valence-corrected chi connectivity index (χ1v) is 20.3. The number of allylic oxidation sites excluding steroid dienone is 2. The molecule has 0 fully saturated rings. The Morgan fingerprint density at radius 1 is 0.549 bits per heavy atom. The monoisotopic (exact) mass is 742 g/mol. The fourth-order valence-electron chi connectivity index (χ4n) is 6.44. The molecule has 2 aromatic carbocycles. The minimum atomic E-state index is 0. The van der Waals surface area contributed by atoms with E-state index in [4.69, 9.17) is 10.2 Å². The molecular formula is C46H72N2NiO2. The van der Waals surface area contributed by atoms with E-state index in [9.17, 15) is 5.53 Å². The molecule has 0 unspecified atom stereocenters. The molecule has 2 N–H and O–H groups in total. The van der Waals surface area contributed by atoms with Crippen LogP contribution < -0.4 is 0 Å². The summed E-state index contributed by atoms with van der Waals surface area (Å²) in [5.74, 6) is 6.90. The van der Waals surface area contributed by atoms with Crippen LogP contribution in [-0.4, -0.2) is 28.1 Å². The van der Waals surface area contributed by atoms with E-state index < -0.39 is 0 Å². The molecule has 0 atom stereocenters. The van der Waals surface area contributed by atoms with Gasteiger partial charge in [-0.2, -0.15) is 0 Å². The van der Waals surface area contributed by atoms with Crippen molar-refractivity contribution in [1.29, 1.82) is 0 Å². The number of benzene rings is 2. The third kappa shape index (κ3) is 18.7. The quantitative estimate of drug-likeness (QED) is 0.0579. The number of hydrogen-bond donors (Lipinski definition) is 2. The second-order valence-electron chi connectivity index (χ2n) is 13.3. The first-order chi connectivity index (χ1) is 24.5. The fraction of sp³-hybridized carbons (Fsp3) is 0.609. The molecule has 0 spiro atoms. The van der Waals surface area contributed by atoms with Crippen molar-refractivity contribution in [2.24, 2.45) is 0 Å². The van der Waals surface area contributed by atoms with Gasteiger partial charge in [-0.3, -0.25) is 0 Å². The summed E-state index contributed by atoms with van der Waals surface area (Å²) in [5, 5.41) is 15.1. The van der Waals surface area contributed by atoms with Crippen molar-refractivity contribution >= 4 is 11.4 Å². The van der Waals surface area contributed by atoms with Crippen molar-refractivity contribution in [3.8, 4) is 11.8 Å². The van der Waals surface area contributed by atoms with Gasteiger partial charge in [0.2, 0.25) is 11.4 Å². The van der Waals surface area contributed by atoms with Crippen LogP contribution in [0.1, 0.15) is 179 Å². The van der Waals surface area contributed by atoms with Gasteiger partial charge in [-0.1, -0.05) is 122 Å². The Morgan fingerprint density at radius 3 is 1.71 bits per heavy atom. The minimum absolute atomic E-state index is 0. The van der Waals surface area contributed by atoms with Crippen LogP contribution in [0.4, 0.5) is 0 Å². The number of hydrogen-bond acceptors (Lipinski definition) is 2. The molecule has 0 radical (unpaired) electrons. The Labute approximate surface area is 324 Å². The number of aliphatic hydroxyl groups excluding tert-OH is 2. The van der Waals surface area contributed by atoms with Crippen LogP contribution in [0.3, 0.4) is 0 Å². The predicted octanol–water partition coefficient (Wildman–Crippen LogP) is 13.0. The molecule has 2 aromatic rings. The maximum Gasteiger partial charge on any atom is 0.211 e. The van der Waals surface area contributed by atoms with Gasteiger partial charge in [0, 0.05) is 64.8 Å². The molecule has 0 saturated heterocycles. The molecule has 0 aliphatic carbocycles. The van der Waals surface area contributed by atoms with Crippen LogP contribution >= 0.6 is 0 Å². The first-order valence-electron chi connectivity index (χ1n) is 20.3. The Kier molecular flexibility index (Phi) is 30.6.